The summed E-state index contributed by atoms with van der Waals surface area (Å²) in [5, 5.41) is 5.79. The van der Waals surface area contributed by atoms with Gasteiger partial charge in [0.1, 0.15) is 6.17 Å². The van der Waals surface area contributed by atoms with Crippen LogP contribution in [0.5, 0.6) is 0 Å². The maximum atomic E-state index is 3.64. The van der Waals surface area contributed by atoms with Crippen LogP contribution in [0.15, 0.2) is 89.5 Å². The topological polar surface area (TPSA) is 27.3 Å². The summed E-state index contributed by atoms with van der Waals surface area (Å²) in [6.07, 6.45) is 15.0. The lowest BCUT2D eigenvalue weighted by molar-refractivity contribution is 0.227. The first-order valence-corrected chi connectivity index (χ1v) is 10.8. The van der Waals surface area contributed by atoms with E-state index in [1.807, 2.05) is 37.9 Å². The first-order valence-electron chi connectivity index (χ1n) is 9.87. The number of benzene rings is 1. The molecule has 152 valence electrons. The maximum Gasteiger partial charge on any atom is 0.100 e. The van der Waals surface area contributed by atoms with Crippen molar-refractivity contribution in [1.82, 2.24) is 15.8 Å². The molecule has 2 unspecified atom stereocenters. The van der Waals surface area contributed by atoms with Gasteiger partial charge in [-0.15, -0.1) is 0 Å². The molecular weight excluding hydrogens is 410 g/mol. The SMILES string of the molecule is C=C/C=C\C(C)=C/Br.CC.CN1NC(C2=CC=CCC2)NC1c1ccccc1. The highest BCUT2D eigenvalue weighted by atomic mass is 79.9. The predicted octanol–water partition coefficient (Wildman–Crippen LogP) is 6.38. The number of rotatable bonds is 4. The van der Waals surface area contributed by atoms with Crippen molar-refractivity contribution in [2.75, 3.05) is 7.05 Å². The Morgan fingerprint density at radius 3 is 2.54 bits per heavy atom. The molecule has 0 amide bonds. The van der Waals surface area contributed by atoms with Crippen LogP contribution in [0.2, 0.25) is 0 Å². The highest BCUT2D eigenvalue weighted by Gasteiger charge is 2.30. The third-order valence-corrected chi connectivity index (χ3v) is 4.97. The average molecular weight is 444 g/mol. The van der Waals surface area contributed by atoms with Crippen molar-refractivity contribution < 1.29 is 0 Å². The fourth-order valence-electron chi connectivity index (χ4n) is 2.85. The molecule has 1 heterocycles. The maximum absolute atomic E-state index is 3.64. The van der Waals surface area contributed by atoms with Gasteiger partial charge >= 0.3 is 0 Å². The summed E-state index contributed by atoms with van der Waals surface area (Å²) in [7, 11) is 2.09. The number of hydrazine groups is 1. The van der Waals surface area contributed by atoms with Gasteiger partial charge in [-0.3, -0.25) is 5.32 Å². The largest absolute Gasteiger partial charge is 0.277 e. The molecular formula is C24H34BrN3. The van der Waals surface area contributed by atoms with Gasteiger partial charge in [0, 0.05) is 7.05 Å². The molecule has 0 aromatic heterocycles. The van der Waals surface area contributed by atoms with E-state index in [1.165, 1.54) is 16.7 Å². The molecule has 1 fully saturated rings. The van der Waals surface area contributed by atoms with E-state index in [-0.39, 0.29) is 12.3 Å². The van der Waals surface area contributed by atoms with E-state index in [0.29, 0.717) is 0 Å². The molecule has 2 atom stereocenters. The monoisotopic (exact) mass is 443 g/mol. The molecule has 3 rings (SSSR count). The molecule has 1 aliphatic heterocycles. The first kappa shape index (κ1) is 24.3. The van der Waals surface area contributed by atoms with E-state index < -0.39 is 0 Å². The molecule has 2 aliphatic rings. The minimum Gasteiger partial charge on any atom is -0.277 e. The number of hydrogen-bond donors (Lipinski definition) is 2. The van der Waals surface area contributed by atoms with Crippen LogP contribution >= 0.6 is 15.9 Å². The number of hydrogen-bond acceptors (Lipinski definition) is 3. The highest BCUT2D eigenvalue weighted by molar-refractivity contribution is 9.11. The van der Waals surface area contributed by atoms with Crippen molar-refractivity contribution in [3.63, 3.8) is 0 Å². The zero-order valence-electron chi connectivity index (χ0n) is 17.5. The molecule has 0 spiro atoms. The summed E-state index contributed by atoms with van der Waals surface area (Å²) >= 11 is 3.20. The molecule has 28 heavy (non-hydrogen) atoms. The van der Waals surface area contributed by atoms with Gasteiger partial charge in [0.2, 0.25) is 0 Å². The average Bonchev–Trinajstić information content (AvgIpc) is 3.17. The lowest BCUT2D eigenvalue weighted by Gasteiger charge is -2.18. The number of allylic oxidation sites excluding steroid dienone is 7. The Morgan fingerprint density at radius 1 is 1.25 bits per heavy atom. The Bertz CT molecular complexity index is 689. The van der Waals surface area contributed by atoms with Crippen LogP contribution in [-0.4, -0.2) is 18.2 Å². The molecule has 2 N–H and O–H groups in total. The lowest BCUT2D eigenvalue weighted by Crippen LogP contribution is -2.36. The van der Waals surface area contributed by atoms with Gasteiger partial charge in [0.25, 0.3) is 0 Å². The van der Waals surface area contributed by atoms with Crippen LogP contribution in [0.3, 0.4) is 0 Å². The highest BCUT2D eigenvalue weighted by Crippen LogP contribution is 2.24. The molecule has 0 radical (unpaired) electrons. The van der Waals surface area contributed by atoms with Crippen molar-refractivity contribution >= 4 is 15.9 Å². The van der Waals surface area contributed by atoms with Crippen LogP contribution in [0.1, 0.15) is 45.3 Å². The molecule has 4 heteroatoms. The lowest BCUT2D eigenvalue weighted by atomic mass is 10.0. The Labute approximate surface area is 179 Å². The molecule has 3 nitrogen and oxygen atoms in total. The Balaban J connectivity index is 0.000000334. The van der Waals surface area contributed by atoms with Gasteiger partial charge in [-0.25, -0.2) is 10.4 Å². The second kappa shape index (κ2) is 14.3. The fraction of sp³-hybridized carbons (Fsp3) is 0.333. The molecule has 1 saturated heterocycles. The Kier molecular flexibility index (Phi) is 12.4. The van der Waals surface area contributed by atoms with Crippen molar-refractivity contribution in [3.8, 4) is 0 Å². The van der Waals surface area contributed by atoms with Crippen LogP contribution in [-0.2, 0) is 0 Å². The summed E-state index contributed by atoms with van der Waals surface area (Å²) in [6, 6.07) is 10.5. The zero-order valence-corrected chi connectivity index (χ0v) is 19.1. The van der Waals surface area contributed by atoms with E-state index in [4.69, 9.17) is 0 Å². The zero-order chi connectivity index (χ0) is 20.8. The molecule has 0 bridgehead atoms. The molecule has 0 saturated carbocycles. The normalized spacial score (nSPS) is 22.0. The molecule has 1 aromatic rings. The quantitative estimate of drug-likeness (QED) is 0.528. The fourth-order valence-corrected chi connectivity index (χ4v) is 3.00. The van der Waals surface area contributed by atoms with Gasteiger partial charge in [-0.05, 0) is 41.5 Å². The van der Waals surface area contributed by atoms with Gasteiger partial charge in [0.15, 0.2) is 0 Å². The third-order valence-electron chi connectivity index (χ3n) is 4.24. The summed E-state index contributed by atoms with van der Waals surface area (Å²) in [5.41, 5.74) is 7.40. The minimum atomic E-state index is 0.239. The second-order valence-electron chi connectivity index (χ2n) is 6.31. The van der Waals surface area contributed by atoms with E-state index in [1.54, 1.807) is 6.08 Å². The third kappa shape index (κ3) is 8.11. The van der Waals surface area contributed by atoms with Crippen molar-refractivity contribution in [2.45, 2.75) is 45.9 Å². The van der Waals surface area contributed by atoms with Crippen LogP contribution in [0, 0.1) is 0 Å². The standard InChI is InChI=1S/C15H19N3.C7H9Br.C2H6/c1-18-15(13-10-6-3-7-11-13)16-14(17-18)12-8-4-2-5-9-12;1-3-4-5-7(2)6-8;1-2/h2-4,6-8,10-11,14-17H,5,9H2,1H3;3-6H,1H2,2H3;1-2H3/b;5-4-,7-6-;. The van der Waals surface area contributed by atoms with E-state index in [2.05, 4.69) is 93.9 Å². The van der Waals surface area contributed by atoms with E-state index >= 15 is 0 Å². The first-order chi connectivity index (χ1) is 13.7. The number of nitrogens with one attached hydrogen (secondary N) is 2. The summed E-state index contributed by atoms with van der Waals surface area (Å²) in [5.74, 6) is 0. The Hall–Kier alpha value is -1.72. The van der Waals surface area contributed by atoms with Gasteiger partial charge < -0.3 is 0 Å². The van der Waals surface area contributed by atoms with E-state index in [9.17, 15) is 0 Å². The predicted molar refractivity (Wildman–Crippen MR) is 127 cm³/mol. The van der Waals surface area contributed by atoms with Gasteiger partial charge in [0.05, 0.1) is 6.17 Å². The van der Waals surface area contributed by atoms with Gasteiger partial charge in [-0.2, -0.15) is 0 Å². The smallest absolute Gasteiger partial charge is 0.100 e. The van der Waals surface area contributed by atoms with Crippen LogP contribution in [0.25, 0.3) is 0 Å². The van der Waals surface area contributed by atoms with Crippen molar-refractivity contribution in [1.29, 1.82) is 0 Å². The van der Waals surface area contributed by atoms with Crippen molar-refractivity contribution in [2.24, 2.45) is 0 Å². The number of nitrogens with zero attached hydrogens (tertiary/aromatic N) is 1. The molecule has 1 aliphatic carbocycles. The minimum absolute atomic E-state index is 0.239. The van der Waals surface area contributed by atoms with Crippen LogP contribution < -0.4 is 10.7 Å². The van der Waals surface area contributed by atoms with Crippen LogP contribution in [0.4, 0.5) is 0 Å². The molecule has 1 aromatic carbocycles. The number of halogens is 1. The second-order valence-corrected chi connectivity index (χ2v) is 6.77. The summed E-state index contributed by atoms with van der Waals surface area (Å²) < 4.78 is 0. The van der Waals surface area contributed by atoms with Crippen molar-refractivity contribution in [3.05, 3.63) is 95.1 Å². The summed E-state index contributed by atoms with van der Waals surface area (Å²) in [6.45, 7) is 9.55. The van der Waals surface area contributed by atoms with Gasteiger partial charge in [-0.1, -0.05) is 103 Å². The van der Waals surface area contributed by atoms with E-state index in [0.717, 1.165) is 12.8 Å². The summed E-state index contributed by atoms with van der Waals surface area (Å²) in [4.78, 5) is 1.87. The Morgan fingerprint density at radius 2 is 1.96 bits per heavy atom.